The average molecular weight is 362 g/mol. The van der Waals surface area contributed by atoms with Crippen LogP contribution in [0, 0.1) is 0 Å². The molecular weight excluding hydrogens is 314 g/mol. The molecule has 0 aromatic heterocycles. The van der Waals surface area contributed by atoms with Crippen LogP contribution in [-0.4, -0.2) is 30.7 Å². The van der Waals surface area contributed by atoms with Gasteiger partial charge in [0.1, 0.15) is 0 Å². The summed E-state index contributed by atoms with van der Waals surface area (Å²) in [5.74, 6) is 0. The first-order valence-electron chi connectivity index (χ1n) is 11.1. The quantitative estimate of drug-likeness (QED) is 0.251. The van der Waals surface area contributed by atoms with Gasteiger partial charge in [0.25, 0.3) is 0 Å². The molecule has 0 rings (SSSR count). The maximum Gasteiger partial charge on any atom is 0.0786 e. The lowest BCUT2D eigenvalue weighted by Gasteiger charge is -2.38. The molecule has 0 N–H and O–H groups in total. The van der Waals surface area contributed by atoms with Gasteiger partial charge >= 0.3 is 0 Å². The molecule has 0 aliphatic carbocycles. The number of hydrogen-bond donors (Lipinski definition) is 0. The third-order valence-electron chi connectivity index (χ3n) is 5.63. The van der Waals surface area contributed by atoms with Gasteiger partial charge < -0.3 is 16.9 Å². The molecule has 0 radical (unpaired) electrons. The van der Waals surface area contributed by atoms with E-state index in [0.29, 0.717) is 0 Å². The van der Waals surface area contributed by atoms with Crippen molar-refractivity contribution >= 4 is 0 Å². The number of nitrogens with zero attached hydrogens (tertiary/aromatic N) is 1. The molecule has 148 valence electrons. The van der Waals surface area contributed by atoms with Gasteiger partial charge in [-0.1, -0.05) is 78.6 Å². The van der Waals surface area contributed by atoms with Crippen LogP contribution < -0.4 is 12.4 Å². The largest absolute Gasteiger partial charge is 1.00 e. The second kappa shape index (κ2) is 19.6. The highest BCUT2D eigenvalue weighted by Crippen LogP contribution is 2.17. The van der Waals surface area contributed by atoms with E-state index in [1.807, 2.05) is 0 Å². The molecule has 0 saturated heterocycles. The highest BCUT2D eigenvalue weighted by Gasteiger charge is 2.23. The molecule has 0 aliphatic heterocycles. The van der Waals surface area contributed by atoms with E-state index in [9.17, 15) is 0 Å². The summed E-state index contributed by atoms with van der Waals surface area (Å²) in [6.45, 7) is 15.1. The Morgan fingerprint density at radius 3 is 1.12 bits per heavy atom. The zero-order chi connectivity index (χ0) is 17.2. The van der Waals surface area contributed by atoms with E-state index < -0.39 is 0 Å². The van der Waals surface area contributed by atoms with Gasteiger partial charge in [-0.3, -0.25) is 0 Å². The third kappa shape index (κ3) is 14.6. The van der Waals surface area contributed by atoms with Crippen LogP contribution in [0.25, 0.3) is 0 Å². The van der Waals surface area contributed by atoms with Crippen LogP contribution in [0.4, 0.5) is 0 Å². The Morgan fingerprint density at radius 1 is 0.417 bits per heavy atom. The molecule has 0 fully saturated rings. The molecule has 2 heteroatoms. The van der Waals surface area contributed by atoms with E-state index in [4.69, 9.17) is 0 Å². The Labute approximate surface area is 161 Å². The van der Waals surface area contributed by atoms with E-state index >= 15 is 0 Å². The van der Waals surface area contributed by atoms with Crippen LogP contribution in [0.15, 0.2) is 0 Å². The first kappa shape index (κ1) is 26.5. The first-order valence-corrected chi connectivity index (χ1v) is 11.1. The maximum absolute atomic E-state index is 2.43. The summed E-state index contributed by atoms with van der Waals surface area (Å²) in [6, 6.07) is 0. The number of rotatable bonds is 18. The second-order valence-corrected chi connectivity index (χ2v) is 7.72. The van der Waals surface area contributed by atoms with Crippen molar-refractivity contribution in [1.82, 2.24) is 0 Å². The fraction of sp³-hybridized carbons (Fsp3) is 1.00. The lowest BCUT2D eigenvalue weighted by Crippen LogP contribution is -3.00. The highest BCUT2D eigenvalue weighted by atomic mass is 35.5. The summed E-state index contributed by atoms with van der Waals surface area (Å²) in [4.78, 5) is 0. The van der Waals surface area contributed by atoms with Crippen molar-refractivity contribution in [2.45, 2.75) is 118 Å². The lowest BCUT2D eigenvalue weighted by molar-refractivity contribution is -0.927. The molecule has 0 aliphatic rings. The van der Waals surface area contributed by atoms with Crippen molar-refractivity contribution in [3.63, 3.8) is 0 Å². The first-order chi connectivity index (χ1) is 11.2. The molecule has 0 saturated carbocycles. The molecule has 0 atom stereocenters. The second-order valence-electron chi connectivity index (χ2n) is 7.72. The fourth-order valence-corrected chi connectivity index (χ4v) is 3.76. The standard InChI is InChI=1S/C22H48N.ClH/c1-5-9-12-14-16-18-21-23(8-4,20-11-7-3)22-19-17-15-13-10-6-2;/h5-22H2,1-4H3;1H/q+1;/p-1. The maximum atomic E-state index is 2.43. The van der Waals surface area contributed by atoms with Gasteiger partial charge in [-0.2, -0.15) is 0 Å². The summed E-state index contributed by atoms with van der Waals surface area (Å²) in [5.41, 5.74) is 0. The van der Waals surface area contributed by atoms with Crippen molar-refractivity contribution in [2.24, 2.45) is 0 Å². The van der Waals surface area contributed by atoms with Crippen LogP contribution in [0.2, 0.25) is 0 Å². The van der Waals surface area contributed by atoms with Crippen LogP contribution in [0.1, 0.15) is 118 Å². The van der Waals surface area contributed by atoms with Crippen LogP contribution in [-0.2, 0) is 0 Å². The molecule has 1 nitrogen and oxygen atoms in total. The smallest absolute Gasteiger partial charge is 0.0786 e. The lowest BCUT2D eigenvalue weighted by atomic mass is 10.1. The Hall–Kier alpha value is 0.250. The molecule has 0 aromatic carbocycles. The predicted octanol–water partition coefficient (Wildman–Crippen LogP) is 4.35. The molecule has 0 bridgehead atoms. The van der Waals surface area contributed by atoms with Gasteiger partial charge in [0.05, 0.1) is 26.2 Å². The average Bonchev–Trinajstić information content (AvgIpc) is 2.58. The Balaban J connectivity index is 0. The van der Waals surface area contributed by atoms with Crippen molar-refractivity contribution in [2.75, 3.05) is 26.2 Å². The third-order valence-corrected chi connectivity index (χ3v) is 5.63. The van der Waals surface area contributed by atoms with E-state index in [1.54, 1.807) is 0 Å². The van der Waals surface area contributed by atoms with Gasteiger partial charge in [0.15, 0.2) is 0 Å². The molecule has 0 heterocycles. The Kier molecular flexibility index (Phi) is 21.6. The summed E-state index contributed by atoms with van der Waals surface area (Å²) in [7, 11) is 0. The molecular formula is C22H48ClN. The van der Waals surface area contributed by atoms with Crippen LogP contribution in [0.5, 0.6) is 0 Å². The van der Waals surface area contributed by atoms with Gasteiger partial charge in [-0.25, -0.2) is 0 Å². The summed E-state index contributed by atoms with van der Waals surface area (Å²) >= 11 is 0. The van der Waals surface area contributed by atoms with E-state index in [0.717, 1.165) is 0 Å². The van der Waals surface area contributed by atoms with Crippen molar-refractivity contribution in [3.8, 4) is 0 Å². The minimum Gasteiger partial charge on any atom is -1.00 e. The van der Waals surface area contributed by atoms with Crippen LogP contribution in [0.3, 0.4) is 0 Å². The van der Waals surface area contributed by atoms with Gasteiger partial charge in [0, 0.05) is 0 Å². The zero-order valence-corrected chi connectivity index (χ0v) is 18.3. The SMILES string of the molecule is CCCCCCCC[N+](CC)(CCCC)CCCCCCCC.[Cl-]. The van der Waals surface area contributed by atoms with Crippen LogP contribution >= 0.6 is 0 Å². The minimum absolute atomic E-state index is 0. The predicted molar refractivity (Wildman–Crippen MR) is 107 cm³/mol. The number of halogens is 1. The summed E-state index contributed by atoms with van der Waals surface area (Å²) < 4.78 is 1.41. The topological polar surface area (TPSA) is 0 Å². The van der Waals surface area contributed by atoms with Gasteiger partial charge in [0.2, 0.25) is 0 Å². The molecule has 0 aromatic rings. The van der Waals surface area contributed by atoms with E-state index in [2.05, 4.69) is 27.7 Å². The van der Waals surface area contributed by atoms with Crippen molar-refractivity contribution in [3.05, 3.63) is 0 Å². The fourth-order valence-electron chi connectivity index (χ4n) is 3.76. The molecule has 24 heavy (non-hydrogen) atoms. The number of hydrogen-bond acceptors (Lipinski definition) is 0. The van der Waals surface area contributed by atoms with Crippen molar-refractivity contribution in [1.29, 1.82) is 0 Å². The van der Waals surface area contributed by atoms with E-state index in [1.165, 1.54) is 121 Å². The molecule has 0 spiro atoms. The monoisotopic (exact) mass is 361 g/mol. The van der Waals surface area contributed by atoms with Crippen molar-refractivity contribution < 1.29 is 16.9 Å². The number of unbranched alkanes of at least 4 members (excludes halogenated alkanes) is 11. The summed E-state index contributed by atoms with van der Waals surface area (Å²) in [5, 5.41) is 0. The minimum atomic E-state index is 0. The Morgan fingerprint density at radius 2 is 0.750 bits per heavy atom. The van der Waals surface area contributed by atoms with E-state index in [-0.39, 0.29) is 12.4 Å². The molecule has 0 amide bonds. The molecule has 0 unspecified atom stereocenters. The summed E-state index contributed by atoms with van der Waals surface area (Å²) in [6.07, 6.45) is 20.0. The number of quaternary nitrogens is 1. The van der Waals surface area contributed by atoms with Gasteiger partial charge in [-0.15, -0.1) is 0 Å². The zero-order valence-electron chi connectivity index (χ0n) is 17.6. The Bertz CT molecular complexity index is 214. The normalized spacial score (nSPS) is 11.5. The highest BCUT2D eigenvalue weighted by molar-refractivity contribution is 4.51. The van der Waals surface area contributed by atoms with Gasteiger partial charge in [-0.05, 0) is 39.0 Å².